The number of nitrogens with one attached hydrogen (secondary N) is 1. The van der Waals surface area contributed by atoms with Gasteiger partial charge in [-0.25, -0.2) is 0 Å². The van der Waals surface area contributed by atoms with E-state index in [1.54, 1.807) is 0 Å². The van der Waals surface area contributed by atoms with Gasteiger partial charge in [0.15, 0.2) is 0 Å². The van der Waals surface area contributed by atoms with Crippen LogP contribution in [0.1, 0.15) is 65.7 Å². The van der Waals surface area contributed by atoms with Crippen LogP contribution in [0.2, 0.25) is 0 Å². The van der Waals surface area contributed by atoms with Gasteiger partial charge in [0.25, 0.3) is 0 Å². The molecule has 2 heteroatoms. The summed E-state index contributed by atoms with van der Waals surface area (Å²) in [6, 6.07) is 0.531. The van der Waals surface area contributed by atoms with Crippen molar-refractivity contribution in [1.29, 1.82) is 0 Å². The second-order valence-electron chi connectivity index (χ2n) is 5.71. The minimum absolute atomic E-state index is 0.421. The third-order valence-corrected chi connectivity index (χ3v) is 4.72. The molecule has 0 radical (unpaired) electrons. The SMILES string of the molecule is CCOC(C1CCCCC1)C(NC)C(CC)CC. The molecule has 0 bridgehead atoms. The van der Waals surface area contributed by atoms with Crippen molar-refractivity contribution in [3.63, 3.8) is 0 Å². The van der Waals surface area contributed by atoms with E-state index in [9.17, 15) is 0 Å². The van der Waals surface area contributed by atoms with Crippen LogP contribution in [0.4, 0.5) is 0 Å². The first-order valence-corrected chi connectivity index (χ1v) is 8.07. The van der Waals surface area contributed by atoms with Crippen LogP contribution in [0.5, 0.6) is 0 Å². The summed E-state index contributed by atoms with van der Waals surface area (Å²) in [7, 11) is 2.11. The van der Waals surface area contributed by atoms with Gasteiger partial charge in [0.1, 0.15) is 0 Å². The molecular weight excluding hydrogens is 222 g/mol. The minimum atomic E-state index is 0.421. The van der Waals surface area contributed by atoms with E-state index in [4.69, 9.17) is 4.74 Å². The van der Waals surface area contributed by atoms with Crippen molar-refractivity contribution in [3.05, 3.63) is 0 Å². The van der Waals surface area contributed by atoms with Gasteiger partial charge in [0, 0.05) is 12.6 Å². The van der Waals surface area contributed by atoms with Crippen LogP contribution in [-0.2, 0) is 4.74 Å². The molecule has 0 aliphatic heterocycles. The highest BCUT2D eigenvalue weighted by Crippen LogP contribution is 2.32. The topological polar surface area (TPSA) is 21.3 Å². The van der Waals surface area contributed by atoms with Crippen LogP contribution < -0.4 is 5.32 Å². The first-order valence-electron chi connectivity index (χ1n) is 8.07. The smallest absolute Gasteiger partial charge is 0.0758 e. The highest BCUT2D eigenvalue weighted by Gasteiger charge is 2.33. The van der Waals surface area contributed by atoms with E-state index in [1.807, 2.05) is 0 Å². The van der Waals surface area contributed by atoms with Gasteiger partial charge in [-0.3, -0.25) is 0 Å². The van der Waals surface area contributed by atoms with Gasteiger partial charge in [-0.1, -0.05) is 46.0 Å². The van der Waals surface area contributed by atoms with Gasteiger partial charge in [0.05, 0.1) is 6.10 Å². The molecular formula is C16H33NO. The predicted molar refractivity (Wildman–Crippen MR) is 78.9 cm³/mol. The lowest BCUT2D eigenvalue weighted by atomic mass is 9.78. The first-order chi connectivity index (χ1) is 8.78. The number of rotatable bonds is 8. The molecule has 2 atom stereocenters. The molecule has 108 valence electrons. The zero-order chi connectivity index (χ0) is 13.4. The highest BCUT2D eigenvalue weighted by molar-refractivity contribution is 4.88. The monoisotopic (exact) mass is 255 g/mol. The summed E-state index contributed by atoms with van der Waals surface area (Å²) in [6.45, 7) is 7.60. The van der Waals surface area contributed by atoms with Crippen LogP contribution in [0.3, 0.4) is 0 Å². The van der Waals surface area contributed by atoms with Crippen molar-refractivity contribution in [2.45, 2.75) is 77.9 Å². The molecule has 1 fully saturated rings. The average Bonchev–Trinajstić information content (AvgIpc) is 2.43. The standard InChI is InChI=1S/C16H33NO/c1-5-13(6-2)15(17-4)16(18-7-3)14-11-9-8-10-12-14/h13-17H,5-12H2,1-4H3. The Bertz CT molecular complexity index is 197. The third kappa shape index (κ3) is 4.24. The highest BCUT2D eigenvalue weighted by atomic mass is 16.5. The lowest BCUT2D eigenvalue weighted by molar-refractivity contribution is -0.0305. The number of likely N-dealkylation sites (N-methyl/N-ethyl adjacent to an activating group) is 1. The number of hydrogen-bond acceptors (Lipinski definition) is 2. The maximum Gasteiger partial charge on any atom is 0.0758 e. The Kier molecular flexibility index (Phi) is 7.92. The van der Waals surface area contributed by atoms with E-state index in [-0.39, 0.29) is 0 Å². The molecule has 0 heterocycles. The molecule has 2 nitrogen and oxygen atoms in total. The summed E-state index contributed by atoms with van der Waals surface area (Å²) < 4.78 is 6.16. The summed E-state index contributed by atoms with van der Waals surface area (Å²) in [4.78, 5) is 0. The molecule has 1 rings (SSSR count). The molecule has 1 aliphatic rings. The van der Waals surface area contributed by atoms with Crippen LogP contribution in [0.25, 0.3) is 0 Å². The summed E-state index contributed by atoms with van der Waals surface area (Å²) in [5, 5.41) is 3.56. The van der Waals surface area contributed by atoms with Gasteiger partial charge in [-0.15, -0.1) is 0 Å². The first kappa shape index (κ1) is 16.0. The fraction of sp³-hybridized carbons (Fsp3) is 1.00. The number of ether oxygens (including phenoxy) is 1. The lowest BCUT2D eigenvalue weighted by Gasteiger charge is -2.39. The summed E-state index contributed by atoms with van der Waals surface area (Å²) in [5.74, 6) is 1.52. The zero-order valence-corrected chi connectivity index (χ0v) is 12.9. The Morgan fingerprint density at radius 2 is 1.67 bits per heavy atom. The maximum absolute atomic E-state index is 6.16. The van der Waals surface area contributed by atoms with E-state index in [2.05, 4.69) is 33.1 Å². The quantitative estimate of drug-likeness (QED) is 0.708. The van der Waals surface area contributed by atoms with Crippen molar-refractivity contribution in [2.24, 2.45) is 11.8 Å². The number of hydrogen-bond donors (Lipinski definition) is 1. The normalized spacial score (nSPS) is 21.2. The van der Waals surface area contributed by atoms with Gasteiger partial charge >= 0.3 is 0 Å². The van der Waals surface area contributed by atoms with Gasteiger partial charge < -0.3 is 10.1 Å². The molecule has 0 aromatic carbocycles. The summed E-state index contributed by atoms with van der Waals surface area (Å²) >= 11 is 0. The predicted octanol–water partition coefficient (Wildman–Crippen LogP) is 4.00. The van der Waals surface area contributed by atoms with Crippen molar-refractivity contribution in [3.8, 4) is 0 Å². The van der Waals surface area contributed by atoms with Crippen molar-refractivity contribution in [1.82, 2.24) is 5.32 Å². The maximum atomic E-state index is 6.16. The molecule has 0 amide bonds. The van der Waals surface area contributed by atoms with E-state index < -0.39 is 0 Å². The van der Waals surface area contributed by atoms with Gasteiger partial charge in [-0.05, 0) is 38.6 Å². The van der Waals surface area contributed by atoms with Crippen LogP contribution in [0.15, 0.2) is 0 Å². The van der Waals surface area contributed by atoms with Crippen LogP contribution >= 0.6 is 0 Å². The molecule has 1 saturated carbocycles. The molecule has 18 heavy (non-hydrogen) atoms. The Labute approximate surface area is 114 Å². The van der Waals surface area contributed by atoms with Crippen molar-refractivity contribution in [2.75, 3.05) is 13.7 Å². The third-order valence-electron chi connectivity index (χ3n) is 4.72. The zero-order valence-electron chi connectivity index (χ0n) is 12.9. The molecule has 0 spiro atoms. The summed E-state index contributed by atoms with van der Waals surface area (Å²) in [5.41, 5.74) is 0. The van der Waals surface area contributed by atoms with E-state index in [0.29, 0.717) is 12.1 Å². The molecule has 1 N–H and O–H groups in total. The van der Waals surface area contributed by atoms with E-state index >= 15 is 0 Å². The second-order valence-corrected chi connectivity index (χ2v) is 5.71. The molecule has 0 aromatic heterocycles. The Hall–Kier alpha value is -0.0800. The fourth-order valence-electron chi connectivity index (χ4n) is 3.65. The largest absolute Gasteiger partial charge is 0.377 e. The molecule has 0 saturated heterocycles. The Morgan fingerprint density at radius 3 is 2.11 bits per heavy atom. The molecule has 2 unspecified atom stereocenters. The Morgan fingerprint density at radius 1 is 1.06 bits per heavy atom. The van der Waals surface area contributed by atoms with Gasteiger partial charge in [-0.2, -0.15) is 0 Å². The molecule has 0 aromatic rings. The lowest BCUT2D eigenvalue weighted by Crippen LogP contribution is -2.49. The average molecular weight is 255 g/mol. The van der Waals surface area contributed by atoms with Gasteiger partial charge in [0.2, 0.25) is 0 Å². The van der Waals surface area contributed by atoms with Crippen LogP contribution in [0, 0.1) is 11.8 Å². The van der Waals surface area contributed by atoms with Crippen LogP contribution in [-0.4, -0.2) is 25.8 Å². The summed E-state index contributed by atoms with van der Waals surface area (Å²) in [6.07, 6.45) is 9.86. The fourth-order valence-corrected chi connectivity index (χ4v) is 3.65. The van der Waals surface area contributed by atoms with Crippen molar-refractivity contribution < 1.29 is 4.74 Å². The van der Waals surface area contributed by atoms with E-state index in [1.165, 1.54) is 44.9 Å². The van der Waals surface area contributed by atoms with Crippen molar-refractivity contribution >= 4 is 0 Å². The van der Waals surface area contributed by atoms with E-state index in [0.717, 1.165) is 18.4 Å². The minimum Gasteiger partial charge on any atom is -0.377 e. The Balaban J connectivity index is 2.71. The molecule has 1 aliphatic carbocycles. The second kappa shape index (κ2) is 8.92.